The Morgan fingerprint density at radius 1 is 1.04 bits per heavy atom. The number of nitrogens with one attached hydrogen (secondary N) is 2. The van der Waals surface area contributed by atoms with E-state index in [1.54, 1.807) is 12.1 Å². The number of carbonyl (C=O) groups excluding carboxylic acids is 1. The number of carbonyl (C=O) groups is 1. The highest BCUT2D eigenvalue weighted by atomic mass is 19.1. The summed E-state index contributed by atoms with van der Waals surface area (Å²) in [5, 5.41) is 9.19. The van der Waals surface area contributed by atoms with E-state index in [0.29, 0.717) is 17.3 Å². The van der Waals surface area contributed by atoms with E-state index in [0.717, 1.165) is 6.07 Å². The predicted octanol–water partition coefficient (Wildman–Crippen LogP) is 3.31. The molecule has 1 aromatic heterocycles. The van der Waals surface area contributed by atoms with Crippen molar-refractivity contribution >= 4 is 5.91 Å². The molecule has 0 radical (unpaired) electrons. The average Bonchev–Trinajstić information content (AvgIpc) is 3.16. The van der Waals surface area contributed by atoms with Gasteiger partial charge in [0.15, 0.2) is 11.6 Å². The number of rotatable bonds is 5. The zero-order chi connectivity index (χ0) is 19.9. The number of ether oxygens (including phenoxy) is 1. The quantitative estimate of drug-likeness (QED) is 0.663. The highest BCUT2D eigenvalue weighted by molar-refractivity contribution is 5.93. The normalized spacial score (nSPS) is 10.1. The second kappa shape index (κ2) is 8.77. The molecule has 3 aromatic rings. The molecule has 1 heterocycles. The summed E-state index contributed by atoms with van der Waals surface area (Å²) in [4.78, 5) is 12.0. The molecule has 0 aliphatic heterocycles. The fourth-order valence-electron chi connectivity index (χ4n) is 2.25. The van der Waals surface area contributed by atoms with Crippen molar-refractivity contribution in [2.45, 2.75) is 0 Å². The fraction of sp³-hybridized carbons (Fsp3) is 0.100. The maximum absolute atomic E-state index is 13.4. The number of benzene rings is 2. The largest absolute Gasteiger partial charge is 0.478 e. The summed E-state index contributed by atoms with van der Waals surface area (Å²) < 4.78 is 44.2. The van der Waals surface area contributed by atoms with E-state index in [-0.39, 0.29) is 30.4 Å². The molecule has 0 fully saturated rings. The van der Waals surface area contributed by atoms with Crippen molar-refractivity contribution in [2.24, 2.45) is 0 Å². The summed E-state index contributed by atoms with van der Waals surface area (Å²) in [6, 6.07) is 10.2. The molecule has 5 nitrogen and oxygen atoms in total. The van der Waals surface area contributed by atoms with E-state index in [1.807, 2.05) is 0 Å². The fourth-order valence-corrected chi connectivity index (χ4v) is 2.25. The molecule has 0 spiro atoms. The highest BCUT2D eigenvalue weighted by Crippen LogP contribution is 2.18. The number of hydrogen-bond acceptors (Lipinski definition) is 3. The number of hydrogen-bond donors (Lipinski definition) is 2. The van der Waals surface area contributed by atoms with E-state index < -0.39 is 17.5 Å². The third-order valence-corrected chi connectivity index (χ3v) is 3.62. The van der Waals surface area contributed by atoms with Gasteiger partial charge in [-0.3, -0.25) is 9.89 Å². The first-order valence-electron chi connectivity index (χ1n) is 8.16. The van der Waals surface area contributed by atoms with Gasteiger partial charge in [-0.1, -0.05) is 11.8 Å². The van der Waals surface area contributed by atoms with Crippen LogP contribution in [0.3, 0.4) is 0 Å². The lowest BCUT2D eigenvalue weighted by molar-refractivity contribution is 0.0953. The van der Waals surface area contributed by atoms with Gasteiger partial charge in [0.25, 0.3) is 5.91 Å². The van der Waals surface area contributed by atoms with Crippen LogP contribution in [0.4, 0.5) is 13.2 Å². The smallest absolute Gasteiger partial charge is 0.270 e. The lowest BCUT2D eigenvalue weighted by Gasteiger charge is -2.02. The highest BCUT2D eigenvalue weighted by Gasteiger charge is 2.10. The SMILES string of the molecule is O=C(NCC#CCOc1ccc(F)cc1F)c1cc(-c2ccc(F)cc2)n[nH]1. The van der Waals surface area contributed by atoms with Crippen LogP contribution in [0.1, 0.15) is 10.5 Å². The van der Waals surface area contributed by atoms with Crippen molar-refractivity contribution in [3.8, 4) is 28.8 Å². The van der Waals surface area contributed by atoms with Gasteiger partial charge in [0.1, 0.15) is 23.9 Å². The van der Waals surface area contributed by atoms with Crippen molar-refractivity contribution < 1.29 is 22.7 Å². The average molecular weight is 385 g/mol. The molecule has 0 atom stereocenters. The summed E-state index contributed by atoms with van der Waals surface area (Å²) >= 11 is 0. The monoisotopic (exact) mass is 385 g/mol. The first-order valence-corrected chi connectivity index (χ1v) is 8.16. The van der Waals surface area contributed by atoms with Gasteiger partial charge in [0.05, 0.1) is 12.2 Å². The third kappa shape index (κ3) is 4.92. The predicted molar refractivity (Wildman–Crippen MR) is 95.9 cm³/mol. The Balaban J connectivity index is 1.47. The topological polar surface area (TPSA) is 67.0 Å². The van der Waals surface area contributed by atoms with E-state index in [1.165, 1.54) is 24.3 Å². The summed E-state index contributed by atoms with van der Waals surface area (Å²) in [6.07, 6.45) is 0. The molecule has 0 saturated heterocycles. The number of H-pyrrole nitrogens is 1. The Hall–Kier alpha value is -3.73. The van der Waals surface area contributed by atoms with Crippen LogP contribution in [0, 0.1) is 29.3 Å². The molecule has 2 aromatic carbocycles. The Labute approximate surface area is 158 Å². The molecule has 2 N–H and O–H groups in total. The Bertz CT molecular complexity index is 1040. The summed E-state index contributed by atoms with van der Waals surface area (Å²) in [6.45, 7) is -0.0732. The number of aromatic nitrogens is 2. The molecule has 0 bridgehead atoms. The van der Waals surface area contributed by atoms with Crippen LogP contribution in [0.15, 0.2) is 48.5 Å². The van der Waals surface area contributed by atoms with Crippen molar-refractivity contribution in [2.75, 3.05) is 13.2 Å². The first-order chi connectivity index (χ1) is 13.5. The standard InChI is InChI=1S/C20H14F3N3O2/c21-14-5-3-13(4-6-14)17-12-18(26-25-17)20(27)24-9-1-2-10-28-19-8-7-15(22)11-16(19)23/h3-8,11-12H,9-10H2,(H,24,27)(H,25,26). The Morgan fingerprint density at radius 2 is 1.79 bits per heavy atom. The molecule has 0 aliphatic rings. The van der Waals surface area contributed by atoms with Gasteiger partial charge < -0.3 is 10.1 Å². The third-order valence-electron chi connectivity index (χ3n) is 3.62. The van der Waals surface area contributed by atoms with Crippen molar-refractivity contribution in [1.29, 1.82) is 0 Å². The van der Waals surface area contributed by atoms with Crippen LogP contribution in [0.2, 0.25) is 0 Å². The van der Waals surface area contributed by atoms with Crippen molar-refractivity contribution in [1.82, 2.24) is 15.5 Å². The maximum atomic E-state index is 13.4. The molecule has 3 rings (SSSR count). The molecule has 0 aliphatic carbocycles. The maximum Gasteiger partial charge on any atom is 0.270 e. The zero-order valence-electron chi connectivity index (χ0n) is 14.4. The summed E-state index contributed by atoms with van der Waals surface area (Å²) in [5.74, 6) is 2.87. The van der Waals surface area contributed by atoms with E-state index >= 15 is 0 Å². The van der Waals surface area contributed by atoms with Crippen molar-refractivity contribution in [3.63, 3.8) is 0 Å². The van der Waals surface area contributed by atoms with Crippen LogP contribution in [-0.4, -0.2) is 29.3 Å². The summed E-state index contributed by atoms with van der Waals surface area (Å²) in [7, 11) is 0. The van der Waals surface area contributed by atoms with Gasteiger partial charge in [0.2, 0.25) is 0 Å². The van der Waals surface area contributed by atoms with E-state index in [4.69, 9.17) is 4.74 Å². The number of aromatic amines is 1. The molecular weight excluding hydrogens is 371 g/mol. The molecular formula is C20H14F3N3O2. The molecule has 28 heavy (non-hydrogen) atoms. The minimum atomic E-state index is -0.814. The number of nitrogens with zero attached hydrogens (tertiary/aromatic N) is 1. The van der Waals surface area contributed by atoms with Crippen LogP contribution < -0.4 is 10.1 Å². The van der Waals surface area contributed by atoms with Gasteiger partial charge >= 0.3 is 0 Å². The van der Waals surface area contributed by atoms with Crippen LogP contribution >= 0.6 is 0 Å². The molecule has 1 amide bonds. The van der Waals surface area contributed by atoms with Crippen LogP contribution in [0.25, 0.3) is 11.3 Å². The van der Waals surface area contributed by atoms with Gasteiger partial charge in [0, 0.05) is 11.6 Å². The Kier molecular flexibility index (Phi) is 5.97. The van der Waals surface area contributed by atoms with Gasteiger partial charge in [-0.05, 0) is 42.5 Å². The Morgan fingerprint density at radius 3 is 2.54 bits per heavy atom. The van der Waals surface area contributed by atoms with Gasteiger partial charge in [-0.15, -0.1) is 0 Å². The first kappa shape index (κ1) is 19.0. The minimum Gasteiger partial charge on any atom is -0.478 e. The van der Waals surface area contributed by atoms with Gasteiger partial charge in [-0.2, -0.15) is 5.10 Å². The molecule has 142 valence electrons. The molecule has 8 heteroatoms. The minimum absolute atomic E-state index is 0.0407. The van der Waals surface area contributed by atoms with E-state index in [2.05, 4.69) is 27.4 Å². The zero-order valence-corrected chi connectivity index (χ0v) is 14.4. The van der Waals surface area contributed by atoms with Gasteiger partial charge in [-0.25, -0.2) is 13.2 Å². The second-order valence-corrected chi connectivity index (χ2v) is 5.57. The number of halogens is 3. The van der Waals surface area contributed by atoms with Crippen molar-refractivity contribution in [3.05, 3.63) is 71.7 Å². The lowest BCUT2D eigenvalue weighted by atomic mass is 10.1. The van der Waals surface area contributed by atoms with Crippen LogP contribution in [0.5, 0.6) is 5.75 Å². The lowest BCUT2D eigenvalue weighted by Crippen LogP contribution is -2.24. The second-order valence-electron chi connectivity index (χ2n) is 5.57. The van der Waals surface area contributed by atoms with Crippen LogP contribution in [-0.2, 0) is 0 Å². The number of amides is 1. The molecule has 0 unspecified atom stereocenters. The van der Waals surface area contributed by atoms with E-state index in [9.17, 15) is 18.0 Å². The summed E-state index contributed by atoms with van der Waals surface area (Å²) in [5.41, 5.74) is 1.40. The molecule has 0 saturated carbocycles.